The van der Waals surface area contributed by atoms with Gasteiger partial charge in [-0.1, -0.05) is 30.3 Å². The lowest BCUT2D eigenvalue weighted by molar-refractivity contribution is 0.0725. The third-order valence-electron chi connectivity index (χ3n) is 5.16. The van der Waals surface area contributed by atoms with Crippen molar-refractivity contribution in [3.8, 4) is 0 Å². The zero-order valence-corrected chi connectivity index (χ0v) is 15.7. The van der Waals surface area contributed by atoms with Crippen LogP contribution in [0.4, 0.5) is 0 Å². The van der Waals surface area contributed by atoms with Gasteiger partial charge in [-0.25, -0.2) is 8.42 Å². The molecule has 0 unspecified atom stereocenters. The number of piperidine rings is 1. The highest BCUT2D eigenvalue weighted by atomic mass is 32.2. The van der Waals surface area contributed by atoms with Crippen molar-refractivity contribution in [3.63, 3.8) is 0 Å². The van der Waals surface area contributed by atoms with Gasteiger partial charge in [-0.15, -0.1) is 0 Å². The van der Waals surface area contributed by atoms with E-state index in [1.807, 2.05) is 42.5 Å². The van der Waals surface area contributed by atoms with E-state index in [1.165, 1.54) is 6.26 Å². The van der Waals surface area contributed by atoms with E-state index in [4.69, 9.17) is 4.42 Å². The first-order chi connectivity index (χ1) is 13.0. The third kappa shape index (κ3) is 3.76. The van der Waals surface area contributed by atoms with Gasteiger partial charge in [0.25, 0.3) is 5.91 Å². The molecule has 5 nitrogen and oxygen atoms in total. The molecule has 140 valence electrons. The van der Waals surface area contributed by atoms with Crippen molar-refractivity contribution < 1.29 is 17.6 Å². The maximum absolute atomic E-state index is 12.8. The molecule has 1 aliphatic rings. The van der Waals surface area contributed by atoms with E-state index in [9.17, 15) is 13.2 Å². The zero-order valence-electron chi connectivity index (χ0n) is 14.9. The topological polar surface area (TPSA) is 67.6 Å². The molecular formula is C21H21NO4S. The van der Waals surface area contributed by atoms with Gasteiger partial charge in [0.2, 0.25) is 0 Å². The quantitative estimate of drug-likeness (QED) is 0.690. The maximum atomic E-state index is 12.8. The van der Waals surface area contributed by atoms with Crippen LogP contribution < -0.4 is 0 Å². The molecule has 0 spiro atoms. The maximum Gasteiger partial charge on any atom is 0.253 e. The largest absolute Gasteiger partial charge is 0.468 e. The van der Waals surface area contributed by atoms with Crippen molar-refractivity contribution in [1.82, 2.24) is 4.90 Å². The Morgan fingerprint density at radius 3 is 2.44 bits per heavy atom. The van der Waals surface area contributed by atoms with Crippen molar-refractivity contribution in [3.05, 3.63) is 72.2 Å². The minimum atomic E-state index is -3.28. The Kier molecular flexibility index (Phi) is 4.74. The van der Waals surface area contributed by atoms with Crippen LogP contribution >= 0.6 is 0 Å². The molecule has 0 bridgehead atoms. The predicted molar refractivity (Wildman–Crippen MR) is 104 cm³/mol. The van der Waals surface area contributed by atoms with Gasteiger partial charge in [0.05, 0.1) is 11.5 Å². The van der Waals surface area contributed by atoms with Crippen LogP contribution in [0.15, 0.2) is 65.3 Å². The first-order valence-corrected chi connectivity index (χ1v) is 10.8. The molecule has 1 amide bonds. The summed E-state index contributed by atoms with van der Waals surface area (Å²) in [7, 11) is -3.28. The second kappa shape index (κ2) is 7.19. The normalized spacial score (nSPS) is 15.9. The molecular weight excluding hydrogens is 362 g/mol. The Labute approximate surface area is 158 Å². The average Bonchev–Trinajstić information content (AvgIpc) is 3.19. The summed E-state index contributed by atoms with van der Waals surface area (Å²) >= 11 is 0. The van der Waals surface area contributed by atoms with Gasteiger partial charge in [0.15, 0.2) is 9.84 Å². The summed E-state index contributed by atoms with van der Waals surface area (Å²) in [5.74, 6) is 0.343. The predicted octanol–water partition coefficient (Wildman–Crippen LogP) is 3.65. The lowest BCUT2D eigenvalue weighted by Gasteiger charge is -2.31. The monoisotopic (exact) mass is 383 g/mol. The summed E-state index contributed by atoms with van der Waals surface area (Å²) in [5.41, 5.74) is 0.644. The number of furan rings is 1. The number of benzene rings is 2. The Morgan fingerprint density at radius 1 is 1.00 bits per heavy atom. The van der Waals surface area contributed by atoms with Gasteiger partial charge in [-0.3, -0.25) is 4.79 Å². The smallest absolute Gasteiger partial charge is 0.253 e. The van der Waals surface area contributed by atoms with E-state index < -0.39 is 15.1 Å². The zero-order chi connectivity index (χ0) is 18.9. The second-order valence-corrected chi connectivity index (χ2v) is 9.22. The molecule has 1 fully saturated rings. The first-order valence-electron chi connectivity index (χ1n) is 9.05. The molecule has 27 heavy (non-hydrogen) atoms. The Morgan fingerprint density at radius 2 is 1.74 bits per heavy atom. The van der Waals surface area contributed by atoms with Crippen molar-refractivity contribution in [2.45, 2.75) is 23.8 Å². The number of hydrogen-bond acceptors (Lipinski definition) is 4. The number of hydrogen-bond donors (Lipinski definition) is 0. The highest BCUT2D eigenvalue weighted by Crippen LogP contribution is 2.24. The molecule has 0 saturated carbocycles. The Bertz CT molecular complexity index is 1050. The van der Waals surface area contributed by atoms with Crippen molar-refractivity contribution >= 4 is 26.5 Å². The summed E-state index contributed by atoms with van der Waals surface area (Å²) < 4.78 is 30.3. The van der Waals surface area contributed by atoms with Gasteiger partial charge >= 0.3 is 0 Å². The molecule has 2 heterocycles. The highest BCUT2D eigenvalue weighted by Gasteiger charge is 2.32. The number of amides is 1. The molecule has 0 N–H and O–H groups in total. The molecule has 1 aromatic heterocycles. The van der Waals surface area contributed by atoms with Gasteiger partial charge < -0.3 is 9.32 Å². The fourth-order valence-corrected chi connectivity index (χ4v) is 5.36. The average molecular weight is 383 g/mol. The number of sulfone groups is 1. The van der Waals surface area contributed by atoms with Gasteiger partial charge in [-0.2, -0.15) is 0 Å². The van der Waals surface area contributed by atoms with Crippen LogP contribution in [0.5, 0.6) is 0 Å². The third-order valence-corrected chi connectivity index (χ3v) is 7.33. The molecule has 0 atom stereocenters. The Hall–Kier alpha value is -2.60. The molecule has 2 aromatic carbocycles. The van der Waals surface area contributed by atoms with Crippen LogP contribution in [0.2, 0.25) is 0 Å². The number of carbonyl (C=O) groups excluding carboxylic acids is 1. The number of fused-ring (bicyclic) bond motifs is 1. The first kappa shape index (κ1) is 17.8. The van der Waals surface area contributed by atoms with Crippen LogP contribution in [0, 0.1) is 0 Å². The van der Waals surface area contributed by atoms with Crippen LogP contribution in [0.3, 0.4) is 0 Å². The van der Waals surface area contributed by atoms with Gasteiger partial charge in [-0.05, 0) is 47.9 Å². The van der Waals surface area contributed by atoms with Crippen molar-refractivity contribution in [2.75, 3.05) is 13.1 Å². The number of rotatable bonds is 4. The van der Waals surface area contributed by atoms with E-state index in [0.29, 0.717) is 37.3 Å². The summed E-state index contributed by atoms with van der Waals surface area (Å²) in [5, 5.41) is 1.69. The molecule has 0 aliphatic carbocycles. The van der Waals surface area contributed by atoms with Crippen molar-refractivity contribution in [1.29, 1.82) is 0 Å². The minimum Gasteiger partial charge on any atom is -0.468 e. The standard InChI is InChI=1S/C21H21NO4S/c23-21(18-8-7-16-4-1-2-5-17(16)14-18)22-11-9-20(10-12-22)27(24,25)15-19-6-3-13-26-19/h1-8,13-14,20H,9-12,15H2. The lowest BCUT2D eigenvalue weighted by Crippen LogP contribution is -2.42. The van der Waals surface area contributed by atoms with Crippen LogP contribution in [-0.2, 0) is 15.6 Å². The van der Waals surface area contributed by atoms with Crippen LogP contribution in [0.1, 0.15) is 29.0 Å². The molecule has 1 aliphatic heterocycles. The molecule has 3 aromatic rings. The second-order valence-electron chi connectivity index (χ2n) is 6.94. The summed E-state index contributed by atoms with van der Waals surface area (Å²) in [6.07, 6.45) is 2.40. The van der Waals surface area contributed by atoms with Crippen molar-refractivity contribution in [2.24, 2.45) is 0 Å². The molecule has 0 radical (unpaired) electrons. The minimum absolute atomic E-state index is 0.0392. The lowest BCUT2D eigenvalue weighted by atomic mass is 10.0. The Balaban J connectivity index is 1.43. The highest BCUT2D eigenvalue weighted by molar-refractivity contribution is 7.91. The molecule has 1 saturated heterocycles. The summed E-state index contributed by atoms with van der Waals surface area (Å²) in [6, 6.07) is 17.0. The van der Waals surface area contributed by atoms with Gasteiger partial charge in [0, 0.05) is 18.7 Å². The van der Waals surface area contributed by atoms with E-state index >= 15 is 0 Å². The fraction of sp³-hybridized carbons (Fsp3) is 0.286. The summed E-state index contributed by atoms with van der Waals surface area (Å²) in [6.45, 7) is 0.904. The van der Waals surface area contributed by atoms with Crippen LogP contribution in [0.25, 0.3) is 10.8 Å². The molecule has 6 heteroatoms. The van der Waals surface area contributed by atoms with Gasteiger partial charge in [0.1, 0.15) is 11.5 Å². The van der Waals surface area contributed by atoms with Crippen LogP contribution in [-0.4, -0.2) is 37.6 Å². The van der Waals surface area contributed by atoms with E-state index in [1.54, 1.807) is 17.0 Å². The number of likely N-dealkylation sites (tertiary alicyclic amines) is 1. The SMILES string of the molecule is O=C(c1ccc2ccccc2c1)N1CCC(S(=O)(=O)Cc2ccco2)CC1. The van der Waals surface area contributed by atoms with E-state index in [0.717, 1.165) is 10.8 Å². The fourth-order valence-electron chi connectivity index (χ4n) is 3.63. The summed E-state index contributed by atoms with van der Waals surface area (Å²) in [4.78, 5) is 14.6. The molecule has 4 rings (SSSR count). The van der Waals surface area contributed by atoms with E-state index in [2.05, 4.69) is 0 Å². The van der Waals surface area contributed by atoms with E-state index in [-0.39, 0.29) is 11.7 Å². The number of nitrogens with zero attached hydrogens (tertiary/aromatic N) is 1. The number of carbonyl (C=O) groups is 1.